The van der Waals surface area contributed by atoms with Crippen LogP contribution in [-0.4, -0.2) is 26.1 Å². The maximum Gasteiger partial charge on any atom is 0.238 e. The van der Waals surface area contributed by atoms with Gasteiger partial charge in [-0.25, -0.2) is 0 Å². The molecule has 0 bridgehead atoms. The third-order valence-electron chi connectivity index (χ3n) is 3.58. The quantitative estimate of drug-likeness (QED) is 0.736. The molecule has 0 atom stereocenters. The minimum atomic E-state index is -0.0615. The Labute approximate surface area is 137 Å². The number of aryl methyl sites for hydroxylation is 2. The molecule has 2 N–H and O–H groups in total. The molecule has 0 unspecified atom stereocenters. The molecule has 1 amide bonds. The lowest BCUT2D eigenvalue weighted by Crippen LogP contribution is -2.29. The first-order chi connectivity index (χ1) is 11.2. The van der Waals surface area contributed by atoms with Gasteiger partial charge in [-0.05, 0) is 49.6 Å². The van der Waals surface area contributed by atoms with Crippen LogP contribution in [0.25, 0.3) is 0 Å². The summed E-state index contributed by atoms with van der Waals surface area (Å²) in [6, 6.07) is 16.1. The van der Waals surface area contributed by atoms with E-state index in [0.29, 0.717) is 18.0 Å². The first kappa shape index (κ1) is 17.0. The maximum atomic E-state index is 12.0. The van der Waals surface area contributed by atoms with Crippen LogP contribution in [0.15, 0.2) is 48.5 Å². The van der Waals surface area contributed by atoms with E-state index >= 15 is 0 Å². The van der Waals surface area contributed by atoms with E-state index in [-0.39, 0.29) is 5.91 Å². The predicted molar refractivity (Wildman–Crippen MR) is 94.0 cm³/mol. The summed E-state index contributed by atoms with van der Waals surface area (Å²) in [6.45, 7) is 3.09. The number of nitrogens with one attached hydrogen (secondary N) is 2. The van der Waals surface area contributed by atoms with Crippen LogP contribution >= 0.6 is 0 Å². The molecular weight excluding hydrogens is 288 g/mol. The molecule has 2 aromatic rings. The third-order valence-corrected chi connectivity index (χ3v) is 3.58. The summed E-state index contributed by atoms with van der Waals surface area (Å²) in [4.78, 5) is 12.0. The van der Waals surface area contributed by atoms with Crippen molar-refractivity contribution in [3.05, 3.63) is 59.7 Å². The molecule has 23 heavy (non-hydrogen) atoms. The fraction of sp³-hybridized carbons (Fsp3) is 0.316. The van der Waals surface area contributed by atoms with Gasteiger partial charge < -0.3 is 15.4 Å². The molecular formula is C19H24N2O2. The number of anilines is 1. The Morgan fingerprint density at radius 2 is 1.91 bits per heavy atom. The standard InChI is InChI=1S/C19H24N2O2/c1-15-10-11-18(23-2)17(13-15)21-19(22)14-20-12-6-9-16-7-4-3-5-8-16/h3-5,7-8,10-11,13,20H,6,9,12,14H2,1-2H3,(H,21,22). The summed E-state index contributed by atoms with van der Waals surface area (Å²) < 4.78 is 5.26. The van der Waals surface area contributed by atoms with Crippen molar-refractivity contribution in [1.29, 1.82) is 0 Å². The molecule has 122 valence electrons. The first-order valence-electron chi connectivity index (χ1n) is 7.88. The minimum Gasteiger partial charge on any atom is -0.495 e. The van der Waals surface area contributed by atoms with Gasteiger partial charge in [0.15, 0.2) is 0 Å². The molecule has 0 heterocycles. The number of hydrogen-bond acceptors (Lipinski definition) is 3. The number of rotatable bonds is 8. The maximum absolute atomic E-state index is 12.0. The topological polar surface area (TPSA) is 50.4 Å². The Hall–Kier alpha value is -2.33. The van der Waals surface area contributed by atoms with Gasteiger partial charge in [0.25, 0.3) is 0 Å². The third kappa shape index (κ3) is 5.75. The van der Waals surface area contributed by atoms with Crippen molar-refractivity contribution in [2.45, 2.75) is 19.8 Å². The lowest BCUT2D eigenvalue weighted by atomic mass is 10.1. The van der Waals surface area contributed by atoms with Crippen LogP contribution in [-0.2, 0) is 11.2 Å². The summed E-state index contributed by atoms with van der Waals surface area (Å²) in [6.07, 6.45) is 2.02. The Morgan fingerprint density at radius 3 is 2.65 bits per heavy atom. The van der Waals surface area contributed by atoms with Crippen molar-refractivity contribution in [3.63, 3.8) is 0 Å². The summed E-state index contributed by atoms with van der Waals surface area (Å²) in [5, 5.41) is 6.06. The highest BCUT2D eigenvalue weighted by molar-refractivity contribution is 5.93. The van der Waals surface area contributed by atoms with E-state index in [1.165, 1.54) is 5.56 Å². The lowest BCUT2D eigenvalue weighted by molar-refractivity contribution is -0.115. The van der Waals surface area contributed by atoms with Gasteiger partial charge in [0.1, 0.15) is 5.75 Å². The van der Waals surface area contributed by atoms with Gasteiger partial charge >= 0.3 is 0 Å². The largest absolute Gasteiger partial charge is 0.495 e. The van der Waals surface area contributed by atoms with Crippen LogP contribution < -0.4 is 15.4 Å². The van der Waals surface area contributed by atoms with Gasteiger partial charge in [0.05, 0.1) is 19.3 Å². The van der Waals surface area contributed by atoms with Crippen molar-refractivity contribution < 1.29 is 9.53 Å². The zero-order valence-electron chi connectivity index (χ0n) is 13.8. The van der Waals surface area contributed by atoms with Gasteiger partial charge in [0.2, 0.25) is 5.91 Å². The van der Waals surface area contributed by atoms with E-state index in [4.69, 9.17) is 4.74 Å². The number of ether oxygens (including phenoxy) is 1. The Kier molecular flexibility index (Phi) is 6.63. The molecule has 0 aliphatic heterocycles. The molecule has 0 radical (unpaired) electrons. The zero-order chi connectivity index (χ0) is 16.5. The van der Waals surface area contributed by atoms with Crippen LogP contribution in [0.5, 0.6) is 5.75 Å². The van der Waals surface area contributed by atoms with Crippen LogP contribution in [0.2, 0.25) is 0 Å². The molecule has 0 fully saturated rings. The predicted octanol–water partition coefficient (Wildman–Crippen LogP) is 3.16. The number of methoxy groups -OCH3 is 1. The average molecular weight is 312 g/mol. The van der Waals surface area contributed by atoms with Crippen LogP contribution in [0, 0.1) is 6.92 Å². The fourth-order valence-corrected chi connectivity index (χ4v) is 2.38. The van der Waals surface area contributed by atoms with E-state index in [2.05, 4.69) is 22.8 Å². The summed E-state index contributed by atoms with van der Waals surface area (Å²) >= 11 is 0. The van der Waals surface area contributed by atoms with Crippen LogP contribution in [0.4, 0.5) is 5.69 Å². The molecule has 0 aliphatic rings. The second kappa shape index (κ2) is 8.96. The summed E-state index contributed by atoms with van der Waals surface area (Å²) in [5.74, 6) is 0.613. The summed E-state index contributed by atoms with van der Waals surface area (Å²) in [7, 11) is 1.60. The molecule has 0 aromatic heterocycles. The normalized spacial score (nSPS) is 10.3. The van der Waals surface area contributed by atoms with Crippen LogP contribution in [0.1, 0.15) is 17.5 Å². The zero-order valence-corrected chi connectivity index (χ0v) is 13.8. The van der Waals surface area contributed by atoms with Crippen molar-refractivity contribution >= 4 is 11.6 Å². The second-order valence-corrected chi connectivity index (χ2v) is 5.52. The number of hydrogen-bond donors (Lipinski definition) is 2. The molecule has 0 saturated heterocycles. The van der Waals surface area contributed by atoms with Crippen molar-refractivity contribution in [1.82, 2.24) is 5.32 Å². The monoisotopic (exact) mass is 312 g/mol. The van der Waals surface area contributed by atoms with Gasteiger partial charge in [-0.3, -0.25) is 4.79 Å². The molecule has 0 saturated carbocycles. The molecule has 4 heteroatoms. The molecule has 0 aliphatic carbocycles. The first-order valence-corrected chi connectivity index (χ1v) is 7.88. The number of amides is 1. The van der Waals surface area contributed by atoms with Crippen molar-refractivity contribution in [3.8, 4) is 5.75 Å². The van der Waals surface area contributed by atoms with E-state index < -0.39 is 0 Å². The van der Waals surface area contributed by atoms with E-state index in [9.17, 15) is 4.79 Å². The number of benzene rings is 2. The second-order valence-electron chi connectivity index (χ2n) is 5.52. The molecule has 2 aromatic carbocycles. The highest BCUT2D eigenvalue weighted by Gasteiger charge is 2.07. The fourth-order valence-electron chi connectivity index (χ4n) is 2.38. The van der Waals surface area contributed by atoms with Gasteiger partial charge in [0, 0.05) is 0 Å². The molecule has 0 spiro atoms. The van der Waals surface area contributed by atoms with Crippen LogP contribution in [0.3, 0.4) is 0 Å². The Morgan fingerprint density at radius 1 is 1.13 bits per heavy atom. The Balaban J connectivity index is 1.70. The highest BCUT2D eigenvalue weighted by Crippen LogP contribution is 2.24. The highest BCUT2D eigenvalue weighted by atomic mass is 16.5. The van der Waals surface area contributed by atoms with E-state index in [0.717, 1.165) is 24.9 Å². The van der Waals surface area contributed by atoms with E-state index in [1.807, 2.05) is 43.3 Å². The number of carbonyl (C=O) groups excluding carboxylic acids is 1. The lowest BCUT2D eigenvalue weighted by Gasteiger charge is -2.11. The van der Waals surface area contributed by atoms with Gasteiger partial charge in [-0.1, -0.05) is 36.4 Å². The molecule has 4 nitrogen and oxygen atoms in total. The number of carbonyl (C=O) groups is 1. The minimum absolute atomic E-state index is 0.0615. The van der Waals surface area contributed by atoms with Gasteiger partial charge in [-0.15, -0.1) is 0 Å². The van der Waals surface area contributed by atoms with E-state index in [1.54, 1.807) is 7.11 Å². The molecule has 2 rings (SSSR count). The SMILES string of the molecule is COc1ccc(C)cc1NC(=O)CNCCCc1ccccc1. The smallest absolute Gasteiger partial charge is 0.238 e. The van der Waals surface area contributed by atoms with Gasteiger partial charge in [-0.2, -0.15) is 0 Å². The van der Waals surface area contributed by atoms with Crippen molar-refractivity contribution in [2.75, 3.05) is 25.5 Å². The summed E-state index contributed by atoms with van der Waals surface area (Å²) in [5.41, 5.74) is 3.11. The van der Waals surface area contributed by atoms with Crippen molar-refractivity contribution in [2.24, 2.45) is 0 Å². The average Bonchev–Trinajstić information content (AvgIpc) is 2.56. The Bertz CT molecular complexity index is 627.